The van der Waals surface area contributed by atoms with E-state index in [1.54, 1.807) is 56.5 Å². The van der Waals surface area contributed by atoms with E-state index < -0.39 is 38.2 Å². The third-order valence-corrected chi connectivity index (χ3v) is 8.64. The Morgan fingerprint density at radius 3 is 2.38 bits per heavy atom. The number of β-lactam (4-membered cyclic amide) rings is 1. The molecule has 3 rings (SSSR count). The molecule has 1 fully saturated rings. The Morgan fingerprint density at radius 2 is 1.81 bits per heavy atom. The maximum Gasteiger partial charge on any atom is 0.333 e. The summed E-state index contributed by atoms with van der Waals surface area (Å²) in [4.78, 5) is 26.6. The monoisotopic (exact) mass is 476 g/mol. The summed E-state index contributed by atoms with van der Waals surface area (Å²) in [5.41, 5.74) is 6.97. The average molecular weight is 477 g/mol. The molecule has 1 heterocycles. The molecular weight excluding hydrogens is 452 g/mol. The number of hydrogen-bond donors (Lipinski definition) is 1. The summed E-state index contributed by atoms with van der Waals surface area (Å²) in [7, 11) is -1.73. The number of amides is 1. The van der Waals surface area contributed by atoms with Gasteiger partial charge in [0.15, 0.2) is 6.04 Å². The van der Waals surface area contributed by atoms with Crippen molar-refractivity contribution in [1.29, 1.82) is 0 Å². The largest absolute Gasteiger partial charge is 0.497 e. The minimum atomic E-state index is -3.81. The lowest BCUT2D eigenvalue weighted by molar-refractivity contribution is -0.162. The summed E-state index contributed by atoms with van der Waals surface area (Å²) in [5, 5.41) is -0.956. The van der Waals surface area contributed by atoms with Gasteiger partial charge in [0.1, 0.15) is 23.8 Å². The van der Waals surface area contributed by atoms with Gasteiger partial charge < -0.3 is 20.1 Å². The van der Waals surface area contributed by atoms with Gasteiger partial charge in [0, 0.05) is 10.8 Å². The van der Waals surface area contributed by atoms with Crippen LogP contribution in [0.15, 0.2) is 71.6 Å². The first-order valence-electron chi connectivity index (χ1n) is 9.67. The van der Waals surface area contributed by atoms with E-state index in [-0.39, 0.29) is 11.5 Å². The van der Waals surface area contributed by atoms with Crippen LogP contribution in [-0.4, -0.2) is 49.8 Å². The highest BCUT2D eigenvalue weighted by atomic mass is 33.1. The zero-order valence-corrected chi connectivity index (χ0v) is 19.3. The first kappa shape index (κ1) is 23.8. The van der Waals surface area contributed by atoms with Crippen molar-refractivity contribution in [3.8, 4) is 5.75 Å². The summed E-state index contributed by atoms with van der Waals surface area (Å²) in [6.07, 6.45) is 0. The first-order chi connectivity index (χ1) is 15.2. The van der Waals surface area contributed by atoms with Crippen molar-refractivity contribution in [3.63, 3.8) is 0 Å². The minimum Gasteiger partial charge on any atom is -0.497 e. The van der Waals surface area contributed by atoms with Crippen LogP contribution in [-0.2, 0) is 29.8 Å². The predicted molar refractivity (Wildman–Crippen MR) is 121 cm³/mol. The smallest absolute Gasteiger partial charge is 0.333 e. The molecule has 0 radical (unpaired) electrons. The molecule has 1 aliphatic heterocycles. The van der Waals surface area contributed by atoms with Crippen molar-refractivity contribution in [3.05, 3.63) is 72.3 Å². The summed E-state index contributed by atoms with van der Waals surface area (Å²) in [6.45, 7) is 5.34. The highest BCUT2D eigenvalue weighted by Gasteiger charge is 2.53. The van der Waals surface area contributed by atoms with E-state index in [1.807, 2.05) is 0 Å². The molecule has 2 aromatic carbocycles. The zero-order chi connectivity index (χ0) is 23.5. The van der Waals surface area contributed by atoms with Gasteiger partial charge in [0.2, 0.25) is 14.8 Å². The van der Waals surface area contributed by atoms with Crippen LogP contribution in [0, 0.1) is 0 Å². The fourth-order valence-electron chi connectivity index (χ4n) is 3.17. The molecule has 170 valence electrons. The third kappa shape index (κ3) is 4.98. The molecule has 1 aliphatic rings. The zero-order valence-electron chi connectivity index (χ0n) is 17.6. The molecule has 10 heteroatoms. The van der Waals surface area contributed by atoms with Crippen LogP contribution in [0.4, 0.5) is 0 Å². The summed E-state index contributed by atoms with van der Waals surface area (Å²) in [5.74, 6) is -0.587. The van der Waals surface area contributed by atoms with E-state index >= 15 is 0 Å². The standard InChI is InChI=1S/C22H24N2O6S2/c1-14(2)19(22(26)30-13-15-9-11-16(29-3)12-10-15)24-20(25)18(23)21(24)31-32(27,28)17-7-5-4-6-8-17/h4-12,18-19,21H,1,13,23H2,2-3H3. The van der Waals surface area contributed by atoms with Crippen molar-refractivity contribution in [2.75, 3.05) is 7.11 Å². The average Bonchev–Trinajstić information content (AvgIpc) is 2.80. The Bertz CT molecular complexity index is 1100. The molecule has 0 aliphatic carbocycles. The van der Waals surface area contributed by atoms with E-state index in [0.717, 1.165) is 10.5 Å². The lowest BCUT2D eigenvalue weighted by Gasteiger charge is -2.47. The third-order valence-electron chi connectivity index (χ3n) is 4.89. The van der Waals surface area contributed by atoms with Crippen LogP contribution >= 0.6 is 10.8 Å². The van der Waals surface area contributed by atoms with Gasteiger partial charge in [-0.2, -0.15) is 0 Å². The van der Waals surface area contributed by atoms with Gasteiger partial charge in [-0.25, -0.2) is 13.2 Å². The number of hydrogen-bond acceptors (Lipinski definition) is 8. The second-order valence-electron chi connectivity index (χ2n) is 7.23. The van der Waals surface area contributed by atoms with Crippen LogP contribution in [0.2, 0.25) is 0 Å². The number of methoxy groups -OCH3 is 1. The van der Waals surface area contributed by atoms with E-state index in [2.05, 4.69) is 6.58 Å². The number of carbonyl (C=O) groups is 2. The van der Waals surface area contributed by atoms with Gasteiger partial charge in [-0.3, -0.25) is 4.79 Å². The Kier molecular flexibility index (Phi) is 7.27. The number of ether oxygens (including phenoxy) is 2. The molecule has 8 nitrogen and oxygen atoms in total. The molecule has 0 aromatic heterocycles. The lowest BCUT2D eigenvalue weighted by atomic mass is 10.0. The number of carbonyl (C=O) groups excluding carboxylic acids is 2. The van der Waals surface area contributed by atoms with Gasteiger partial charge in [-0.05, 0) is 42.3 Å². The molecule has 0 bridgehead atoms. The second kappa shape index (κ2) is 9.76. The van der Waals surface area contributed by atoms with Gasteiger partial charge in [-0.15, -0.1) is 0 Å². The highest BCUT2D eigenvalue weighted by molar-refractivity contribution is 8.72. The number of nitrogens with zero attached hydrogens (tertiary/aromatic N) is 1. The quantitative estimate of drug-likeness (QED) is 0.254. The maximum atomic E-state index is 12.8. The molecule has 1 amide bonds. The molecule has 0 spiro atoms. The van der Waals surface area contributed by atoms with Crippen LogP contribution in [0.1, 0.15) is 12.5 Å². The topological polar surface area (TPSA) is 116 Å². The number of nitrogens with two attached hydrogens (primary N) is 1. The van der Waals surface area contributed by atoms with Crippen molar-refractivity contribution in [2.24, 2.45) is 5.73 Å². The van der Waals surface area contributed by atoms with Gasteiger partial charge in [0.05, 0.1) is 12.0 Å². The Morgan fingerprint density at radius 1 is 1.19 bits per heavy atom. The van der Waals surface area contributed by atoms with Crippen molar-refractivity contribution in [2.45, 2.75) is 35.9 Å². The van der Waals surface area contributed by atoms with E-state index in [4.69, 9.17) is 15.2 Å². The van der Waals surface area contributed by atoms with Crippen molar-refractivity contribution in [1.82, 2.24) is 4.90 Å². The van der Waals surface area contributed by atoms with Crippen LogP contribution in [0.5, 0.6) is 5.75 Å². The molecule has 2 aromatic rings. The van der Waals surface area contributed by atoms with Gasteiger partial charge in [-0.1, -0.05) is 36.9 Å². The molecule has 3 unspecified atom stereocenters. The Labute approximate surface area is 190 Å². The summed E-state index contributed by atoms with van der Waals surface area (Å²) in [6, 6.07) is 12.6. The fourth-order valence-corrected chi connectivity index (χ4v) is 6.67. The number of rotatable bonds is 9. The molecule has 2 N–H and O–H groups in total. The van der Waals surface area contributed by atoms with Crippen LogP contribution < -0.4 is 10.5 Å². The van der Waals surface area contributed by atoms with E-state index in [9.17, 15) is 18.0 Å². The van der Waals surface area contributed by atoms with Crippen molar-refractivity contribution >= 4 is 31.5 Å². The molecule has 0 saturated carbocycles. The van der Waals surface area contributed by atoms with Crippen molar-refractivity contribution < 1.29 is 27.5 Å². The molecular formula is C22H24N2O6S2. The second-order valence-corrected chi connectivity index (χ2v) is 11.2. The summed E-state index contributed by atoms with van der Waals surface area (Å²) < 4.78 is 36.0. The predicted octanol–water partition coefficient (Wildman–Crippen LogP) is 2.30. The Hall–Kier alpha value is -2.82. The minimum absolute atomic E-state index is 0.0270. The molecule has 3 atom stereocenters. The number of likely N-dealkylation sites (tertiary alicyclic amines) is 1. The fraction of sp³-hybridized carbons (Fsp3) is 0.273. The lowest BCUT2D eigenvalue weighted by Crippen LogP contribution is -2.71. The van der Waals surface area contributed by atoms with Gasteiger partial charge in [0.25, 0.3) is 0 Å². The van der Waals surface area contributed by atoms with Crippen LogP contribution in [0.25, 0.3) is 0 Å². The molecule has 1 saturated heterocycles. The van der Waals surface area contributed by atoms with Crippen LogP contribution in [0.3, 0.4) is 0 Å². The number of esters is 1. The normalized spacial score (nSPS) is 19.1. The Balaban J connectivity index is 1.75. The maximum absolute atomic E-state index is 12.8. The molecule has 32 heavy (non-hydrogen) atoms. The number of benzene rings is 2. The van der Waals surface area contributed by atoms with E-state index in [1.165, 1.54) is 12.1 Å². The first-order valence-corrected chi connectivity index (χ1v) is 12.5. The van der Waals surface area contributed by atoms with Gasteiger partial charge >= 0.3 is 5.97 Å². The highest BCUT2D eigenvalue weighted by Crippen LogP contribution is 2.38. The van der Waals surface area contributed by atoms with E-state index in [0.29, 0.717) is 22.1 Å². The SMILES string of the molecule is C=C(C)C(C(=O)OCc1ccc(OC)cc1)N1C(=O)C(N)C1SS(=O)(=O)c1ccccc1. The summed E-state index contributed by atoms with van der Waals surface area (Å²) >= 11 is 0.